The summed E-state index contributed by atoms with van der Waals surface area (Å²) in [5, 5.41) is 6.61. The average molecular weight is 234 g/mol. The van der Waals surface area contributed by atoms with Crippen LogP contribution >= 0.6 is 0 Å². The van der Waals surface area contributed by atoms with Crippen molar-refractivity contribution in [3.8, 4) is 0 Å². The Hall–Kier alpha value is -1.32. The number of nitrogens with zero attached hydrogens (tertiary/aromatic N) is 2. The second kappa shape index (κ2) is 5.84. The minimum atomic E-state index is 0.814. The molecule has 0 aromatic carbocycles. The summed E-state index contributed by atoms with van der Waals surface area (Å²) >= 11 is 0. The Kier molecular flexibility index (Phi) is 4.18. The van der Waals surface area contributed by atoms with Gasteiger partial charge < -0.3 is 10.6 Å². The van der Waals surface area contributed by atoms with Gasteiger partial charge in [-0.15, -0.1) is 0 Å². The first-order valence-electron chi connectivity index (χ1n) is 6.61. The first kappa shape index (κ1) is 12.1. The highest BCUT2D eigenvalue weighted by Gasteiger charge is 2.16. The standard InChI is InChI=1S/C13H22N4/c1-3-14-12-9-13(17-10(2)16-12)15-8-7-11-5-4-6-11/h9,11H,3-8H2,1-2H3,(H2,14,15,16,17). The number of nitrogens with one attached hydrogen (secondary N) is 2. The van der Waals surface area contributed by atoms with Crippen molar-refractivity contribution in [3.05, 3.63) is 11.9 Å². The molecule has 1 aromatic rings. The summed E-state index contributed by atoms with van der Waals surface area (Å²) in [5.74, 6) is 3.60. The topological polar surface area (TPSA) is 49.8 Å². The van der Waals surface area contributed by atoms with E-state index in [1.54, 1.807) is 0 Å². The van der Waals surface area contributed by atoms with Crippen LogP contribution in [0.15, 0.2) is 6.07 Å². The van der Waals surface area contributed by atoms with Crippen LogP contribution in [0.4, 0.5) is 11.6 Å². The molecule has 0 unspecified atom stereocenters. The third-order valence-electron chi connectivity index (χ3n) is 3.28. The Morgan fingerprint density at radius 1 is 1.24 bits per heavy atom. The second-order valence-corrected chi connectivity index (χ2v) is 4.73. The normalized spacial score (nSPS) is 15.4. The van der Waals surface area contributed by atoms with E-state index < -0.39 is 0 Å². The minimum absolute atomic E-state index is 0.814. The van der Waals surface area contributed by atoms with Crippen molar-refractivity contribution in [1.29, 1.82) is 0 Å². The van der Waals surface area contributed by atoms with Crippen molar-refractivity contribution in [1.82, 2.24) is 9.97 Å². The summed E-state index contributed by atoms with van der Waals surface area (Å²) in [5.41, 5.74) is 0. The van der Waals surface area contributed by atoms with Crippen molar-refractivity contribution in [2.24, 2.45) is 5.92 Å². The Morgan fingerprint density at radius 2 is 1.94 bits per heavy atom. The van der Waals surface area contributed by atoms with E-state index in [0.29, 0.717) is 0 Å². The predicted octanol–water partition coefficient (Wildman–Crippen LogP) is 2.82. The zero-order chi connectivity index (χ0) is 12.1. The highest BCUT2D eigenvalue weighted by molar-refractivity contribution is 5.47. The van der Waals surface area contributed by atoms with Gasteiger partial charge in [-0.3, -0.25) is 0 Å². The zero-order valence-corrected chi connectivity index (χ0v) is 10.8. The zero-order valence-electron chi connectivity index (χ0n) is 10.8. The van der Waals surface area contributed by atoms with Gasteiger partial charge in [0.2, 0.25) is 0 Å². The Balaban J connectivity index is 1.85. The summed E-state index contributed by atoms with van der Waals surface area (Å²) < 4.78 is 0. The first-order valence-corrected chi connectivity index (χ1v) is 6.61. The molecule has 2 rings (SSSR count). The Labute approximate surface area is 103 Å². The van der Waals surface area contributed by atoms with Gasteiger partial charge in [0.25, 0.3) is 0 Å². The van der Waals surface area contributed by atoms with Crippen LogP contribution in [0.3, 0.4) is 0 Å². The molecule has 0 atom stereocenters. The highest BCUT2D eigenvalue weighted by atomic mass is 15.1. The fraction of sp³-hybridized carbons (Fsp3) is 0.692. The van der Waals surface area contributed by atoms with E-state index in [1.807, 2.05) is 13.0 Å². The van der Waals surface area contributed by atoms with Crippen molar-refractivity contribution in [3.63, 3.8) is 0 Å². The number of hydrogen-bond acceptors (Lipinski definition) is 4. The average Bonchev–Trinajstić information content (AvgIpc) is 2.21. The molecule has 0 amide bonds. The molecule has 0 radical (unpaired) electrons. The van der Waals surface area contributed by atoms with Crippen molar-refractivity contribution >= 4 is 11.6 Å². The number of rotatable bonds is 6. The molecule has 2 N–H and O–H groups in total. The van der Waals surface area contributed by atoms with Gasteiger partial charge in [-0.25, -0.2) is 9.97 Å². The third kappa shape index (κ3) is 3.58. The van der Waals surface area contributed by atoms with Gasteiger partial charge in [0.15, 0.2) is 0 Å². The van der Waals surface area contributed by atoms with E-state index in [-0.39, 0.29) is 0 Å². The maximum atomic E-state index is 4.39. The van der Waals surface area contributed by atoms with Gasteiger partial charge in [0.1, 0.15) is 17.5 Å². The number of aryl methyl sites for hydroxylation is 1. The number of anilines is 2. The molecule has 1 aliphatic rings. The van der Waals surface area contributed by atoms with E-state index in [0.717, 1.165) is 36.5 Å². The number of aromatic nitrogens is 2. The smallest absolute Gasteiger partial charge is 0.131 e. The van der Waals surface area contributed by atoms with Crippen LogP contribution in [0, 0.1) is 12.8 Å². The van der Waals surface area contributed by atoms with Crippen molar-refractivity contribution in [2.75, 3.05) is 23.7 Å². The van der Waals surface area contributed by atoms with Gasteiger partial charge in [0.05, 0.1) is 0 Å². The van der Waals surface area contributed by atoms with Crippen LogP contribution in [-0.4, -0.2) is 23.1 Å². The molecule has 1 aromatic heterocycles. The van der Waals surface area contributed by atoms with Gasteiger partial charge in [-0.2, -0.15) is 0 Å². The molecule has 0 aliphatic heterocycles. The largest absolute Gasteiger partial charge is 0.370 e. The third-order valence-corrected chi connectivity index (χ3v) is 3.28. The summed E-state index contributed by atoms with van der Waals surface area (Å²) in [6, 6.07) is 1.98. The lowest BCUT2D eigenvalue weighted by atomic mass is 9.83. The molecule has 1 aliphatic carbocycles. The van der Waals surface area contributed by atoms with Crippen LogP contribution in [-0.2, 0) is 0 Å². The molecular weight excluding hydrogens is 212 g/mol. The SMILES string of the molecule is CCNc1cc(NCCC2CCC2)nc(C)n1. The lowest BCUT2D eigenvalue weighted by molar-refractivity contribution is 0.303. The molecule has 0 bridgehead atoms. The second-order valence-electron chi connectivity index (χ2n) is 4.73. The maximum absolute atomic E-state index is 4.39. The molecule has 4 heteroatoms. The van der Waals surface area contributed by atoms with Crippen LogP contribution in [0.2, 0.25) is 0 Å². The molecule has 4 nitrogen and oxygen atoms in total. The molecule has 1 heterocycles. The van der Waals surface area contributed by atoms with Gasteiger partial charge >= 0.3 is 0 Å². The summed E-state index contributed by atoms with van der Waals surface area (Å²) in [6.07, 6.45) is 5.50. The van der Waals surface area contributed by atoms with Crippen LogP contribution in [0.5, 0.6) is 0 Å². The van der Waals surface area contributed by atoms with E-state index in [1.165, 1.54) is 25.7 Å². The maximum Gasteiger partial charge on any atom is 0.131 e. The van der Waals surface area contributed by atoms with Crippen molar-refractivity contribution in [2.45, 2.75) is 39.5 Å². The number of hydrogen-bond donors (Lipinski definition) is 2. The lowest BCUT2D eigenvalue weighted by Gasteiger charge is -2.25. The fourth-order valence-electron chi connectivity index (χ4n) is 2.12. The molecule has 1 fully saturated rings. The molecule has 17 heavy (non-hydrogen) atoms. The minimum Gasteiger partial charge on any atom is -0.370 e. The predicted molar refractivity (Wildman–Crippen MR) is 71.4 cm³/mol. The van der Waals surface area contributed by atoms with Gasteiger partial charge in [-0.1, -0.05) is 19.3 Å². The van der Waals surface area contributed by atoms with Crippen LogP contribution < -0.4 is 10.6 Å². The van der Waals surface area contributed by atoms with E-state index >= 15 is 0 Å². The van der Waals surface area contributed by atoms with Gasteiger partial charge in [0, 0.05) is 19.2 Å². The van der Waals surface area contributed by atoms with E-state index in [2.05, 4.69) is 27.5 Å². The quantitative estimate of drug-likeness (QED) is 0.794. The van der Waals surface area contributed by atoms with Crippen LogP contribution in [0.25, 0.3) is 0 Å². The summed E-state index contributed by atoms with van der Waals surface area (Å²) in [4.78, 5) is 8.73. The Bertz CT molecular complexity index is 360. The van der Waals surface area contributed by atoms with Crippen molar-refractivity contribution < 1.29 is 0 Å². The van der Waals surface area contributed by atoms with Crippen LogP contribution in [0.1, 0.15) is 38.4 Å². The molecular formula is C13H22N4. The lowest BCUT2D eigenvalue weighted by Crippen LogP contribution is -2.16. The molecule has 94 valence electrons. The van der Waals surface area contributed by atoms with E-state index in [9.17, 15) is 0 Å². The highest BCUT2D eigenvalue weighted by Crippen LogP contribution is 2.29. The Morgan fingerprint density at radius 3 is 2.53 bits per heavy atom. The first-order chi connectivity index (χ1) is 8.28. The summed E-state index contributed by atoms with van der Waals surface area (Å²) in [7, 11) is 0. The van der Waals surface area contributed by atoms with Gasteiger partial charge in [-0.05, 0) is 26.2 Å². The summed E-state index contributed by atoms with van der Waals surface area (Å²) in [6.45, 7) is 5.91. The van der Waals surface area contributed by atoms with E-state index in [4.69, 9.17) is 0 Å². The molecule has 1 saturated carbocycles. The molecule has 0 saturated heterocycles. The monoisotopic (exact) mass is 234 g/mol. The molecule has 0 spiro atoms. The fourth-order valence-corrected chi connectivity index (χ4v) is 2.12.